The molecule has 2 aromatic heterocycles. The monoisotopic (exact) mass is 382 g/mol. The summed E-state index contributed by atoms with van der Waals surface area (Å²) < 4.78 is 1.98. The number of ketones is 1. The van der Waals surface area contributed by atoms with Crippen LogP contribution in [0, 0.1) is 12.8 Å². The van der Waals surface area contributed by atoms with Crippen LogP contribution in [0.5, 0.6) is 0 Å². The Hall–Kier alpha value is -2.80. The SMILES string of the molecule is Cc1nccn1Cc1ccccc1C(=O)NC(C(=O)c1nccs1)C(C)C. The van der Waals surface area contributed by atoms with E-state index in [1.807, 2.05) is 49.7 Å². The van der Waals surface area contributed by atoms with Crippen molar-refractivity contribution >= 4 is 23.0 Å². The molecule has 0 fully saturated rings. The van der Waals surface area contributed by atoms with Crippen LogP contribution in [0.25, 0.3) is 0 Å². The maximum absolute atomic E-state index is 13.0. The van der Waals surface area contributed by atoms with Crippen molar-refractivity contribution in [3.63, 3.8) is 0 Å². The first-order chi connectivity index (χ1) is 13.0. The third-order valence-electron chi connectivity index (χ3n) is 4.41. The number of nitrogens with zero attached hydrogens (tertiary/aromatic N) is 3. The molecule has 0 spiro atoms. The third-order valence-corrected chi connectivity index (χ3v) is 5.19. The van der Waals surface area contributed by atoms with Crippen LogP contribution in [0.4, 0.5) is 0 Å². The van der Waals surface area contributed by atoms with E-state index in [4.69, 9.17) is 0 Å². The van der Waals surface area contributed by atoms with Gasteiger partial charge in [-0.3, -0.25) is 9.59 Å². The number of carbonyl (C=O) groups is 2. The molecule has 0 bridgehead atoms. The Labute approximate surface area is 162 Å². The molecule has 27 heavy (non-hydrogen) atoms. The normalized spacial score (nSPS) is 12.1. The van der Waals surface area contributed by atoms with Crippen LogP contribution in [-0.2, 0) is 6.54 Å². The number of carbonyl (C=O) groups excluding carboxylic acids is 2. The molecular weight excluding hydrogens is 360 g/mol. The first-order valence-corrected chi connectivity index (χ1v) is 9.65. The fourth-order valence-electron chi connectivity index (χ4n) is 2.87. The van der Waals surface area contributed by atoms with Crippen molar-refractivity contribution in [2.24, 2.45) is 5.92 Å². The molecule has 3 aromatic rings. The zero-order valence-corrected chi connectivity index (χ0v) is 16.4. The van der Waals surface area contributed by atoms with Gasteiger partial charge >= 0.3 is 0 Å². The minimum Gasteiger partial charge on any atom is -0.341 e. The van der Waals surface area contributed by atoms with Crippen LogP contribution in [0.1, 0.15) is 45.4 Å². The minimum absolute atomic E-state index is 0.0478. The fraction of sp³-hybridized carbons (Fsp3) is 0.300. The van der Waals surface area contributed by atoms with E-state index in [2.05, 4.69) is 15.3 Å². The van der Waals surface area contributed by atoms with Gasteiger partial charge in [-0.05, 0) is 24.5 Å². The number of aryl methyl sites for hydroxylation is 1. The molecule has 3 rings (SSSR count). The van der Waals surface area contributed by atoms with Gasteiger partial charge in [0.05, 0.1) is 6.04 Å². The van der Waals surface area contributed by atoms with Gasteiger partial charge in [-0.25, -0.2) is 9.97 Å². The number of hydrogen-bond acceptors (Lipinski definition) is 5. The van der Waals surface area contributed by atoms with Gasteiger partial charge in [-0.2, -0.15) is 0 Å². The summed E-state index contributed by atoms with van der Waals surface area (Å²) in [6.07, 6.45) is 5.21. The number of nitrogens with one attached hydrogen (secondary N) is 1. The Kier molecular flexibility index (Phi) is 5.81. The highest BCUT2D eigenvalue weighted by Crippen LogP contribution is 2.16. The zero-order valence-electron chi connectivity index (χ0n) is 15.5. The van der Waals surface area contributed by atoms with Crippen molar-refractivity contribution in [2.75, 3.05) is 0 Å². The van der Waals surface area contributed by atoms with Crippen molar-refractivity contribution in [3.05, 3.63) is 70.2 Å². The van der Waals surface area contributed by atoms with E-state index in [9.17, 15) is 9.59 Å². The molecule has 6 nitrogen and oxygen atoms in total. The van der Waals surface area contributed by atoms with E-state index in [1.165, 1.54) is 11.3 Å². The number of aromatic nitrogens is 3. The van der Waals surface area contributed by atoms with E-state index in [0.29, 0.717) is 17.1 Å². The Balaban J connectivity index is 1.82. The predicted molar refractivity (Wildman–Crippen MR) is 105 cm³/mol. The number of rotatable bonds is 7. The number of Topliss-reactive ketones (excluding diaryl/α,β-unsaturated/α-hetero) is 1. The summed E-state index contributed by atoms with van der Waals surface area (Å²) >= 11 is 1.28. The lowest BCUT2D eigenvalue weighted by atomic mass is 9.98. The van der Waals surface area contributed by atoms with Gasteiger partial charge < -0.3 is 9.88 Å². The van der Waals surface area contributed by atoms with Crippen molar-refractivity contribution in [2.45, 2.75) is 33.4 Å². The molecular formula is C20H22N4O2S. The van der Waals surface area contributed by atoms with E-state index in [0.717, 1.165) is 11.4 Å². The molecule has 1 amide bonds. The molecule has 7 heteroatoms. The lowest BCUT2D eigenvalue weighted by Crippen LogP contribution is -2.44. The molecule has 0 radical (unpaired) electrons. The minimum atomic E-state index is -0.619. The second kappa shape index (κ2) is 8.26. The number of amides is 1. The number of hydrogen-bond donors (Lipinski definition) is 1. The maximum Gasteiger partial charge on any atom is 0.252 e. The topological polar surface area (TPSA) is 76.9 Å². The van der Waals surface area contributed by atoms with Gasteiger partial charge in [-0.15, -0.1) is 11.3 Å². The molecule has 2 heterocycles. The van der Waals surface area contributed by atoms with Gasteiger partial charge in [0.1, 0.15) is 5.82 Å². The molecule has 0 saturated carbocycles. The Bertz CT molecular complexity index is 931. The predicted octanol–water partition coefficient (Wildman–Crippen LogP) is 3.33. The second-order valence-electron chi connectivity index (χ2n) is 6.66. The molecule has 1 unspecified atom stereocenters. The average Bonchev–Trinajstić information content (AvgIpc) is 3.32. The highest BCUT2D eigenvalue weighted by atomic mass is 32.1. The second-order valence-corrected chi connectivity index (χ2v) is 7.55. The molecule has 140 valence electrons. The molecule has 0 aliphatic carbocycles. The number of imidazole rings is 1. The van der Waals surface area contributed by atoms with Crippen LogP contribution in [0.15, 0.2) is 48.2 Å². The third kappa shape index (κ3) is 4.31. The molecule has 0 saturated heterocycles. The first kappa shape index (κ1) is 19.0. The van der Waals surface area contributed by atoms with Gasteiger partial charge in [-0.1, -0.05) is 32.0 Å². The van der Waals surface area contributed by atoms with Crippen LogP contribution < -0.4 is 5.32 Å². The largest absolute Gasteiger partial charge is 0.341 e. The Morgan fingerprint density at radius 2 is 1.96 bits per heavy atom. The molecule has 1 N–H and O–H groups in total. The van der Waals surface area contributed by atoms with Gasteiger partial charge in [0, 0.05) is 36.1 Å². The molecule has 0 aliphatic heterocycles. The average molecular weight is 382 g/mol. The quantitative estimate of drug-likeness (QED) is 0.636. The van der Waals surface area contributed by atoms with Gasteiger partial charge in [0.2, 0.25) is 5.78 Å². The van der Waals surface area contributed by atoms with Crippen molar-refractivity contribution < 1.29 is 9.59 Å². The summed E-state index contributed by atoms with van der Waals surface area (Å²) in [5.74, 6) is 0.417. The first-order valence-electron chi connectivity index (χ1n) is 8.77. The lowest BCUT2D eigenvalue weighted by Gasteiger charge is -2.21. The fourth-order valence-corrected chi connectivity index (χ4v) is 3.48. The van der Waals surface area contributed by atoms with E-state index in [-0.39, 0.29) is 17.6 Å². The van der Waals surface area contributed by atoms with Crippen molar-refractivity contribution in [3.8, 4) is 0 Å². The maximum atomic E-state index is 13.0. The summed E-state index contributed by atoms with van der Waals surface area (Å²) in [4.78, 5) is 34.0. The number of benzene rings is 1. The van der Waals surface area contributed by atoms with E-state index >= 15 is 0 Å². The summed E-state index contributed by atoms with van der Waals surface area (Å²) in [5, 5.41) is 5.08. The van der Waals surface area contributed by atoms with Crippen molar-refractivity contribution in [1.82, 2.24) is 19.9 Å². The van der Waals surface area contributed by atoms with Crippen LogP contribution in [0.3, 0.4) is 0 Å². The van der Waals surface area contributed by atoms with Crippen LogP contribution in [0.2, 0.25) is 0 Å². The molecule has 1 atom stereocenters. The summed E-state index contributed by atoms with van der Waals surface area (Å²) in [6.45, 7) is 6.29. The lowest BCUT2D eigenvalue weighted by molar-refractivity contribution is 0.0830. The van der Waals surface area contributed by atoms with Crippen molar-refractivity contribution in [1.29, 1.82) is 0 Å². The summed E-state index contributed by atoms with van der Waals surface area (Å²) in [7, 11) is 0. The Morgan fingerprint density at radius 3 is 2.59 bits per heavy atom. The highest BCUT2D eigenvalue weighted by Gasteiger charge is 2.28. The summed E-state index contributed by atoms with van der Waals surface area (Å²) in [6, 6.07) is 6.81. The van der Waals surface area contributed by atoms with Crippen LogP contribution in [-0.4, -0.2) is 32.3 Å². The standard InChI is InChI=1S/C20H22N4O2S/c1-13(2)17(18(25)20-22-9-11-27-20)23-19(26)16-7-5-4-6-15(16)12-24-10-8-21-14(24)3/h4-11,13,17H,12H2,1-3H3,(H,23,26). The molecule has 0 aliphatic rings. The van der Waals surface area contributed by atoms with Crippen LogP contribution >= 0.6 is 11.3 Å². The highest BCUT2D eigenvalue weighted by molar-refractivity contribution is 7.11. The van der Waals surface area contributed by atoms with E-state index < -0.39 is 6.04 Å². The van der Waals surface area contributed by atoms with Gasteiger partial charge in [0.15, 0.2) is 5.01 Å². The smallest absolute Gasteiger partial charge is 0.252 e. The van der Waals surface area contributed by atoms with E-state index in [1.54, 1.807) is 23.8 Å². The summed E-state index contributed by atoms with van der Waals surface area (Å²) in [5.41, 5.74) is 1.43. The molecule has 1 aromatic carbocycles. The number of thiazole rings is 1. The Morgan fingerprint density at radius 1 is 1.19 bits per heavy atom. The zero-order chi connectivity index (χ0) is 19.4. The van der Waals surface area contributed by atoms with Gasteiger partial charge in [0.25, 0.3) is 5.91 Å².